The molecule has 0 spiro atoms. The van der Waals surface area contributed by atoms with E-state index in [2.05, 4.69) is 15.7 Å². The number of esters is 1. The van der Waals surface area contributed by atoms with E-state index in [4.69, 9.17) is 19.2 Å². The molecule has 11 heteroatoms. The van der Waals surface area contributed by atoms with Crippen molar-refractivity contribution in [2.24, 2.45) is 0 Å². The van der Waals surface area contributed by atoms with Crippen LogP contribution in [0.5, 0.6) is 11.5 Å². The molecule has 0 fully saturated rings. The van der Waals surface area contributed by atoms with Crippen LogP contribution in [0.1, 0.15) is 44.1 Å². The lowest BCUT2D eigenvalue weighted by atomic mass is 10.1. The number of ether oxygens (including phenoxy) is 3. The predicted molar refractivity (Wildman–Crippen MR) is 126 cm³/mol. The summed E-state index contributed by atoms with van der Waals surface area (Å²) < 4.78 is 18.4. The number of nitrogens with one attached hydrogen (secondary N) is 2. The molecule has 0 radical (unpaired) electrons. The van der Waals surface area contributed by atoms with Crippen LogP contribution >= 0.6 is 0 Å². The summed E-state index contributed by atoms with van der Waals surface area (Å²) in [5.41, 5.74) is 1.91. The summed E-state index contributed by atoms with van der Waals surface area (Å²) in [5.74, 6) is -0.245. The Morgan fingerprint density at radius 2 is 1.86 bits per heavy atom. The molecule has 3 heterocycles. The number of rotatable bonds is 6. The Morgan fingerprint density at radius 1 is 1.11 bits per heavy atom. The van der Waals surface area contributed by atoms with Crippen LogP contribution in [-0.2, 0) is 9.53 Å². The van der Waals surface area contributed by atoms with Crippen molar-refractivity contribution in [2.75, 3.05) is 19.8 Å². The van der Waals surface area contributed by atoms with Crippen molar-refractivity contribution in [3.05, 3.63) is 36.0 Å². The molecular formula is C24H27N5O6. The average molecular weight is 482 g/mol. The number of hydrogen-bond donors (Lipinski definition) is 2. The highest BCUT2D eigenvalue weighted by Gasteiger charge is 2.25. The maximum Gasteiger partial charge on any atom is 0.339 e. The first kappa shape index (κ1) is 24.0. The van der Waals surface area contributed by atoms with Gasteiger partial charge in [-0.2, -0.15) is 5.10 Å². The fourth-order valence-electron chi connectivity index (χ4n) is 3.61. The molecule has 0 aliphatic carbocycles. The second kappa shape index (κ2) is 10.00. The van der Waals surface area contributed by atoms with Gasteiger partial charge in [-0.05, 0) is 52.0 Å². The number of urea groups is 1. The molecule has 3 aromatic rings. The zero-order valence-electron chi connectivity index (χ0n) is 20.0. The van der Waals surface area contributed by atoms with Gasteiger partial charge in [-0.25, -0.2) is 19.3 Å². The van der Waals surface area contributed by atoms with E-state index in [9.17, 15) is 14.4 Å². The molecule has 1 atom stereocenters. The largest absolute Gasteiger partial charge is 0.486 e. The lowest BCUT2D eigenvalue weighted by Crippen LogP contribution is -2.44. The number of imide groups is 1. The van der Waals surface area contributed by atoms with Crippen LogP contribution in [0, 0.1) is 0 Å². The second-order valence-electron chi connectivity index (χ2n) is 8.23. The molecule has 1 aliphatic heterocycles. The van der Waals surface area contributed by atoms with Crippen LogP contribution in [0.3, 0.4) is 0 Å². The minimum Gasteiger partial charge on any atom is -0.486 e. The molecule has 4 rings (SSSR count). The Balaban J connectivity index is 1.69. The second-order valence-corrected chi connectivity index (χ2v) is 8.23. The summed E-state index contributed by atoms with van der Waals surface area (Å²) in [4.78, 5) is 41.8. The van der Waals surface area contributed by atoms with Gasteiger partial charge in [0.25, 0.3) is 5.91 Å². The first-order valence-electron chi connectivity index (χ1n) is 11.4. The molecule has 3 amide bonds. The number of pyridine rings is 1. The third kappa shape index (κ3) is 5.03. The zero-order chi connectivity index (χ0) is 25.1. The van der Waals surface area contributed by atoms with Gasteiger partial charge in [0.05, 0.1) is 22.8 Å². The summed E-state index contributed by atoms with van der Waals surface area (Å²) in [6, 6.07) is 6.34. The van der Waals surface area contributed by atoms with Gasteiger partial charge in [-0.1, -0.05) is 0 Å². The van der Waals surface area contributed by atoms with Crippen LogP contribution < -0.4 is 20.1 Å². The highest BCUT2D eigenvalue weighted by molar-refractivity contribution is 6.05. The summed E-state index contributed by atoms with van der Waals surface area (Å²) in [5, 5.41) is 9.46. The number of benzene rings is 1. The molecule has 2 aromatic heterocycles. The SMILES string of the molecule is CCNC(=O)NC(=O)C(C)OC(=O)c1cc(-c2ccc3c(c2)OCCO3)nc2c1cnn2C(C)C. The lowest BCUT2D eigenvalue weighted by molar-refractivity contribution is -0.127. The zero-order valence-corrected chi connectivity index (χ0v) is 20.0. The van der Waals surface area contributed by atoms with Crippen molar-refractivity contribution in [3.8, 4) is 22.8 Å². The number of aromatic nitrogens is 3. The van der Waals surface area contributed by atoms with Crippen LogP contribution in [0.15, 0.2) is 30.5 Å². The fraction of sp³-hybridized carbons (Fsp3) is 0.375. The van der Waals surface area contributed by atoms with Crippen molar-refractivity contribution in [1.29, 1.82) is 0 Å². The molecule has 1 aromatic carbocycles. The molecule has 1 unspecified atom stereocenters. The quantitative estimate of drug-likeness (QED) is 0.514. The standard InChI is InChI=1S/C24H27N5O6/c1-5-25-24(32)28-22(30)14(4)35-23(31)16-11-18(27-21-17(16)12-26-29(21)13(2)3)15-6-7-19-20(10-15)34-9-8-33-19/h6-7,10-14H,5,8-9H2,1-4H3,(H2,25,28,30,32). The molecule has 35 heavy (non-hydrogen) atoms. The molecule has 1 aliphatic rings. The van der Waals surface area contributed by atoms with E-state index in [-0.39, 0.29) is 11.6 Å². The lowest BCUT2D eigenvalue weighted by Gasteiger charge is -2.19. The van der Waals surface area contributed by atoms with Crippen LogP contribution in [-0.4, -0.2) is 58.5 Å². The van der Waals surface area contributed by atoms with Gasteiger partial charge in [0, 0.05) is 18.2 Å². The molecule has 0 bridgehead atoms. The van der Waals surface area contributed by atoms with E-state index in [0.717, 1.165) is 0 Å². The van der Waals surface area contributed by atoms with Crippen molar-refractivity contribution in [2.45, 2.75) is 39.8 Å². The van der Waals surface area contributed by atoms with Gasteiger partial charge < -0.3 is 19.5 Å². The third-order valence-corrected chi connectivity index (χ3v) is 5.34. The number of carbonyl (C=O) groups excluding carboxylic acids is 3. The predicted octanol–water partition coefficient (Wildman–Crippen LogP) is 2.84. The minimum atomic E-state index is -1.20. The summed E-state index contributed by atoms with van der Waals surface area (Å²) in [6.45, 7) is 8.30. The maximum atomic E-state index is 13.2. The smallest absolute Gasteiger partial charge is 0.339 e. The molecule has 0 saturated heterocycles. The molecule has 184 valence electrons. The molecular weight excluding hydrogens is 454 g/mol. The van der Waals surface area contributed by atoms with E-state index in [0.29, 0.717) is 53.5 Å². The van der Waals surface area contributed by atoms with Crippen LogP contribution in [0.25, 0.3) is 22.3 Å². The molecule has 2 N–H and O–H groups in total. The number of hydrogen-bond acceptors (Lipinski definition) is 8. The van der Waals surface area contributed by atoms with E-state index < -0.39 is 24.0 Å². The number of amides is 3. The van der Waals surface area contributed by atoms with Gasteiger partial charge in [-0.15, -0.1) is 0 Å². The molecule has 0 saturated carbocycles. The van der Waals surface area contributed by atoms with Gasteiger partial charge in [0.1, 0.15) is 13.2 Å². The number of carbonyl (C=O) groups is 3. The van der Waals surface area contributed by atoms with Crippen molar-refractivity contribution in [1.82, 2.24) is 25.4 Å². The Labute approximate surface area is 201 Å². The highest BCUT2D eigenvalue weighted by atomic mass is 16.6. The highest BCUT2D eigenvalue weighted by Crippen LogP contribution is 2.35. The summed E-state index contributed by atoms with van der Waals surface area (Å²) in [6.07, 6.45) is 0.345. The Morgan fingerprint density at radius 3 is 2.57 bits per heavy atom. The molecule has 11 nitrogen and oxygen atoms in total. The number of fused-ring (bicyclic) bond motifs is 2. The summed E-state index contributed by atoms with van der Waals surface area (Å²) in [7, 11) is 0. The van der Waals surface area contributed by atoms with E-state index in [1.54, 1.807) is 36.0 Å². The van der Waals surface area contributed by atoms with E-state index in [1.807, 2.05) is 19.9 Å². The van der Waals surface area contributed by atoms with Crippen molar-refractivity contribution < 1.29 is 28.6 Å². The van der Waals surface area contributed by atoms with Crippen molar-refractivity contribution >= 4 is 28.9 Å². The first-order chi connectivity index (χ1) is 16.8. The fourth-order valence-corrected chi connectivity index (χ4v) is 3.61. The monoisotopic (exact) mass is 481 g/mol. The third-order valence-electron chi connectivity index (χ3n) is 5.34. The van der Waals surface area contributed by atoms with Crippen LogP contribution in [0.4, 0.5) is 4.79 Å². The normalized spacial score (nSPS) is 13.4. The van der Waals surface area contributed by atoms with Gasteiger partial charge >= 0.3 is 12.0 Å². The topological polar surface area (TPSA) is 134 Å². The number of nitrogens with zero attached hydrogens (tertiary/aromatic N) is 3. The van der Waals surface area contributed by atoms with Crippen LogP contribution in [0.2, 0.25) is 0 Å². The van der Waals surface area contributed by atoms with Gasteiger partial charge in [0.15, 0.2) is 23.3 Å². The van der Waals surface area contributed by atoms with Gasteiger partial charge in [0.2, 0.25) is 0 Å². The van der Waals surface area contributed by atoms with Crippen molar-refractivity contribution in [3.63, 3.8) is 0 Å². The van der Waals surface area contributed by atoms with E-state index >= 15 is 0 Å². The summed E-state index contributed by atoms with van der Waals surface area (Å²) >= 11 is 0. The Bertz CT molecular complexity index is 1280. The Hall–Kier alpha value is -4.15. The maximum absolute atomic E-state index is 13.2. The minimum absolute atomic E-state index is 0.0128. The first-order valence-corrected chi connectivity index (χ1v) is 11.4. The van der Waals surface area contributed by atoms with Gasteiger partial charge in [-0.3, -0.25) is 10.1 Å². The Kier molecular flexibility index (Phi) is 6.85. The average Bonchev–Trinajstić information content (AvgIpc) is 3.27. The van der Waals surface area contributed by atoms with E-state index in [1.165, 1.54) is 6.92 Å².